The van der Waals surface area contributed by atoms with Gasteiger partial charge in [0.1, 0.15) is 0 Å². The molecule has 84 valence electrons. The van der Waals surface area contributed by atoms with Crippen LogP contribution in [0.15, 0.2) is 24.3 Å². The molecule has 0 radical (unpaired) electrons. The Labute approximate surface area is 96.3 Å². The Hall–Kier alpha value is -0.350. The molecule has 0 aromatic heterocycles. The van der Waals surface area contributed by atoms with E-state index in [9.17, 15) is 0 Å². The molecule has 0 saturated carbocycles. The topological polar surface area (TPSA) is 0 Å². The molecular weight excluding hydrogens is 199 g/mol. The number of unbranched alkanes of at least 4 members (excludes halogenated alkanes) is 2. The number of aryl methyl sites for hydroxylation is 1. The molecule has 0 saturated heterocycles. The zero-order valence-corrected chi connectivity index (χ0v) is 11.1. The van der Waals surface area contributed by atoms with E-state index in [1.54, 1.807) is 10.9 Å². The highest BCUT2D eigenvalue weighted by molar-refractivity contribution is 7.47. The zero-order valence-electron chi connectivity index (χ0n) is 10.1. The van der Waals surface area contributed by atoms with Gasteiger partial charge in [-0.1, -0.05) is 59.5 Å². The molecule has 0 aliphatic rings. The van der Waals surface area contributed by atoms with Gasteiger partial charge in [-0.3, -0.25) is 0 Å². The second-order valence-electron chi connectivity index (χ2n) is 4.04. The van der Waals surface area contributed by atoms with Crippen LogP contribution in [0, 0.1) is 0 Å². The molecule has 1 heteroatoms. The summed E-state index contributed by atoms with van der Waals surface area (Å²) in [6.45, 7) is 4.54. The third-order valence-corrected chi connectivity index (χ3v) is 4.14. The Morgan fingerprint density at radius 1 is 1.00 bits per heavy atom. The predicted octanol–water partition coefficient (Wildman–Crippen LogP) is 4.13. The Balaban J connectivity index is 2.52. The molecule has 0 spiro atoms. The fourth-order valence-electron chi connectivity index (χ4n) is 1.68. The SMILES string of the molecule is CCCCPc1ccccc1CCCC. The van der Waals surface area contributed by atoms with Crippen molar-refractivity contribution in [1.82, 2.24) is 0 Å². The number of hydrogen-bond acceptors (Lipinski definition) is 0. The van der Waals surface area contributed by atoms with E-state index in [1.165, 1.54) is 38.3 Å². The number of benzene rings is 1. The van der Waals surface area contributed by atoms with Gasteiger partial charge in [0.05, 0.1) is 0 Å². The lowest BCUT2D eigenvalue weighted by molar-refractivity contribution is 0.798. The van der Waals surface area contributed by atoms with Gasteiger partial charge in [0.2, 0.25) is 0 Å². The van der Waals surface area contributed by atoms with E-state index in [0.29, 0.717) is 0 Å². The minimum atomic E-state index is 1.02. The first-order valence-corrected chi connectivity index (χ1v) is 7.41. The van der Waals surface area contributed by atoms with Gasteiger partial charge in [-0.15, -0.1) is 0 Å². The highest BCUT2D eigenvalue weighted by Crippen LogP contribution is 2.16. The van der Waals surface area contributed by atoms with E-state index in [2.05, 4.69) is 38.1 Å². The maximum absolute atomic E-state index is 2.32. The zero-order chi connectivity index (χ0) is 10.9. The van der Waals surface area contributed by atoms with E-state index in [1.807, 2.05) is 0 Å². The lowest BCUT2D eigenvalue weighted by Gasteiger charge is -2.08. The van der Waals surface area contributed by atoms with Crippen LogP contribution < -0.4 is 5.30 Å². The van der Waals surface area contributed by atoms with Crippen molar-refractivity contribution in [3.8, 4) is 0 Å². The average Bonchev–Trinajstić information content (AvgIpc) is 2.28. The minimum absolute atomic E-state index is 1.02. The van der Waals surface area contributed by atoms with Crippen LogP contribution in [-0.2, 0) is 6.42 Å². The summed E-state index contributed by atoms with van der Waals surface area (Å²) in [7, 11) is 1.02. The standard InChI is InChI=1S/C14H23P/c1-3-5-9-13-10-7-8-11-14(13)15-12-6-4-2/h7-8,10-11,15H,3-6,9,12H2,1-2H3. The lowest BCUT2D eigenvalue weighted by Crippen LogP contribution is -2.04. The van der Waals surface area contributed by atoms with Crippen LogP contribution in [0.2, 0.25) is 0 Å². The molecule has 0 aliphatic heterocycles. The largest absolute Gasteiger partial charge is 0.0901 e. The molecule has 0 amide bonds. The first kappa shape index (κ1) is 12.7. The van der Waals surface area contributed by atoms with Gasteiger partial charge in [0.25, 0.3) is 0 Å². The van der Waals surface area contributed by atoms with Crippen LogP contribution >= 0.6 is 8.58 Å². The van der Waals surface area contributed by atoms with Crippen molar-refractivity contribution >= 4 is 13.9 Å². The van der Waals surface area contributed by atoms with Crippen molar-refractivity contribution in [2.75, 3.05) is 6.16 Å². The van der Waals surface area contributed by atoms with Gasteiger partial charge in [0, 0.05) is 0 Å². The third kappa shape index (κ3) is 4.80. The summed E-state index contributed by atoms with van der Waals surface area (Å²) in [5, 5.41) is 1.61. The Morgan fingerprint density at radius 2 is 1.73 bits per heavy atom. The van der Waals surface area contributed by atoms with Gasteiger partial charge in [-0.25, -0.2) is 0 Å². The van der Waals surface area contributed by atoms with E-state index >= 15 is 0 Å². The maximum atomic E-state index is 2.32. The molecule has 0 fully saturated rings. The van der Waals surface area contributed by atoms with Crippen molar-refractivity contribution in [3.05, 3.63) is 29.8 Å². The summed E-state index contributed by atoms with van der Waals surface area (Å²) < 4.78 is 0. The van der Waals surface area contributed by atoms with Crippen molar-refractivity contribution in [2.45, 2.75) is 46.0 Å². The van der Waals surface area contributed by atoms with Crippen molar-refractivity contribution in [1.29, 1.82) is 0 Å². The quantitative estimate of drug-likeness (QED) is 0.480. The summed E-state index contributed by atoms with van der Waals surface area (Å²) in [6.07, 6.45) is 7.97. The van der Waals surface area contributed by atoms with E-state index in [4.69, 9.17) is 0 Å². The summed E-state index contributed by atoms with van der Waals surface area (Å²) in [6, 6.07) is 8.99. The van der Waals surface area contributed by atoms with Crippen LogP contribution in [0.1, 0.15) is 45.1 Å². The highest BCUT2D eigenvalue weighted by atomic mass is 31.1. The summed E-state index contributed by atoms with van der Waals surface area (Å²) in [4.78, 5) is 0. The molecule has 1 atom stereocenters. The molecule has 15 heavy (non-hydrogen) atoms. The average molecular weight is 222 g/mol. The molecule has 1 aromatic carbocycles. The fourth-order valence-corrected chi connectivity index (χ4v) is 3.13. The molecular formula is C14H23P. The van der Waals surface area contributed by atoms with Gasteiger partial charge >= 0.3 is 0 Å². The smallest absolute Gasteiger partial charge is 0.0240 e. The molecule has 1 unspecified atom stereocenters. The van der Waals surface area contributed by atoms with Crippen LogP contribution in [0.4, 0.5) is 0 Å². The van der Waals surface area contributed by atoms with Gasteiger partial charge in [-0.2, -0.15) is 0 Å². The maximum Gasteiger partial charge on any atom is -0.0240 e. The van der Waals surface area contributed by atoms with Crippen LogP contribution in [0.25, 0.3) is 0 Å². The predicted molar refractivity (Wildman–Crippen MR) is 72.8 cm³/mol. The van der Waals surface area contributed by atoms with E-state index < -0.39 is 0 Å². The number of rotatable bonds is 7. The summed E-state index contributed by atoms with van der Waals surface area (Å²) in [5.74, 6) is 0. The highest BCUT2D eigenvalue weighted by Gasteiger charge is 2.00. The van der Waals surface area contributed by atoms with E-state index in [-0.39, 0.29) is 0 Å². The molecule has 0 heterocycles. The Kier molecular flexibility index (Phi) is 6.68. The van der Waals surface area contributed by atoms with Crippen LogP contribution in [0.5, 0.6) is 0 Å². The van der Waals surface area contributed by atoms with Gasteiger partial charge < -0.3 is 0 Å². The van der Waals surface area contributed by atoms with E-state index in [0.717, 1.165) is 8.58 Å². The summed E-state index contributed by atoms with van der Waals surface area (Å²) in [5.41, 5.74) is 1.59. The molecule has 1 aromatic rings. The normalized spacial score (nSPS) is 11.3. The van der Waals surface area contributed by atoms with Crippen LogP contribution in [-0.4, -0.2) is 6.16 Å². The Morgan fingerprint density at radius 3 is 2.47 bits per heavy atom. The molecule has 0 N–H and O–H groups in total. The second-order valence-corrected chi connectivity index (χ2v) is 5.43. The molecule has 0 aliphatic carbocycles. The molecule has 0 bridgehead atoms. The summed E-state index contributed by atoms with van der Waals surface area (Å²) >= 11 is 0. The first-order valence-electron chi connectivity index (χ1n) is 6.20. The monoisotopic (exact) mass is 222 g/mol. The molecule has 1 rings (SSSR count). The minimum Gasteiger partial charge on any atom is -0.0901 e. The Bertz CT molecular complexity index is 268. The molecule has 0 nitrogen and oxygen atoms in total. The van der Waals surface area contributed by atoms with Crippen molar-refractivity contribution in [2.24, 2.45) is 0 Å². The van der Waals surface area contributed by atoms with Crippen molar-refractivity contribution < 1.29 is 0 Å². The van der Waals surface area contributed by atoms with Crippen molar-refractivity contribution in [3.63, 3.8) is 0 Å². The fraction of sp³-hybridized carbons (Fsp3) is 0.571. The number of hydrogen-bond donors (Lipinski definition) is 0. The second kappa shape index (κ2) is 7.88. The lowest BCUT2D eigenvalue weighted by atomic mass is 10.1. The van der Waals surface area contributed by atoms with Gasteiger partial charge in [0.15, 0.2) is 0 Å². The first-order chi connectivity index (χ1) is 7.38. The van der Waals surface area contributed by atoms with Crippen LogP contribution in [0.3, 0.4) is 0 Å². The third-order valence-electron chi connectivity index (χ3n) is 2.66. The van der Waals surface area contributed by atoms with Gasteiger partial charge in [-0.05, 0) is 36.3 Å².